The second kappa shape index (κ2) is 6.78. The zero-order chi connectivity index (χ0) is 14.0. The second-order valence-electron chi connectivity index (χ2n) is 4.63. The van der Waals surface area contributed by atoms with Gasteiger partial charge in [-0.2, -0.15) is 0 Å². The molecule has 1 amide bonds. The Labute approximate surface area is 132 Å². The molecule has 0 spiro atoms. The fraction of sp³-hybridized carbons (Fsp3) is 0.417. The lowest BCUT2D eigenvalue weighted by Crippen LogP contribution is -2.41. The van der Waals surface area contributed by atoms with Crippen LogP contribution in [0.3, 0.4) is 0 Å². The number of anilines is 1. The average molecular weight is 384 g/mol. The number of hydrogen-bond acceptors (Lipinski definition) is 4. The van der Waals surface area contributed by atoms with E-state index in [0.717, 1.165) is 4.47 Å². The van der Waals surface area contributed by atoms with E-state index in [2.05, 4.69) is 21.2 Å². The van der Waals surface area contributed by atoms with E-state index in [0.29, 0.717) is 24.1 Å². The van der Waals surface area contributed by atoms with Gasteiger partial charge in [0.1, 0.15) is 9.84 Å². The van der Waals surface area contributed by atoms with Crippen LogP contribution in [0.2, 0.25) is 0 Å². The van der Waals surface area contributed by atoms with Gasteiger partial charge in [-0.25, -0.2) is 8.42 Å². The van der Waals surface area contributed by atoms with Crippen LogP contribution in [0.1, 0.15) is 23.2 Å². The molecular formula is C12H16BrClN2O3S. The van der Waals surface area contributed by atoms with E-state index in [1.807, 2.05) is 0 Å². The Morgan fingerprint density at radius 1 is 1.30 bits per heavy atom. The first-order valence-electron chi connectivity index (χ1n) is 5.94. The summed E-state index contributed by atoms with van der Waals surface area (Å²) in [6.45, 7) is 0. The third-order valence-corrected chi connectivity index (χ3v) is 5.36. The van der Waals surface area contributed by atoms with Gasteiger partial charge in [0.25, 0.3) is 5.91 Å². The van der Waals surface area contributed by atoms with Crippen LogP contribution < -0.4 is 11.1 Å². The summed E-state index contributed by atoms with van der Waals surface area (Å²) in [5.74, 6) is 0.0101. The average Bonchev–Trinajstić information content (AvgIpc) is 2.31. The lowest BCUT2D eigenvalue weighted by atomic mass is 10.1. The third-order valence-electron chi connectivity index (χ3n) is 3.15. The molecule has 3 N–H and O–H groups in total. The van der Waals surface area contributed by atoms with Crippen LogP contribution in [0, 0.1) is 0 Å². The molecule has 1 aromatic carbocycles. The molecule has 0 saturated carbocycles. The number of nitrogen functional groups attached to an aromatic ring is 1. The second-order valence-corrected chi connectivity index (χ2v) is 7.85. The van der Waals surface area contributed by atoms with Gasteiger partial charge in [-0.1, -0.05) is 15.9 Å². The molecule has 5 nitrogen and oxygen atoms in total. The minimum atomic E-state index is -2.91. The minimum absolute atomic E-state index is 0. The molecule has 1 aliphatic rings. The van der Waals surface area contributed by atoms with Gasteiger partial charge in [-0.3, -0.25) is 4.79 Å². The van der Waals surface area contributed by atoms with Crippen LogP contribution in [-0.4, -0.2) is 31.9 Å². The Morgan fingerprint density at radius 3 is 2.45 bits per heavy atom. The Balaban J connectivity index is 0.00000200. The van der Waals surface area contributed by atoms with Crippen LogP contribution in [0.5, 0.6) is 0 Å². The third kappa shape index (κ3) is 4.36. The molecule has 1 aromatic rings. The van der Waals surface area contributed by atoms with E-state index in [1.54, 1.807) is 18.2 Å². The number of halogens is 2. The molecule has 1 aliphatic heterocycles. The van der Waals surface area contributed by atoms with E-state index < -0.39 is 9.84 Å². The molecule has 1 heterocycles. The van der Waals surface area contributed by atoms with Gasteiger partial charge in [0.2, 0.25) is 0 Å². The minimum Gasteiger partial charge on any atom is -0.398 e. The summed E-state index contributed by atoms with van der Waals surface area (Å²) in [4.78, 5) is 12.1. The lowest BCUT2D eigenvalue weighted by Gasteiger charge is -2.23. The highest BCUT2D eigenvalue weighted by molar-refractivity contribution is 9.10. The van der Waals surface area contributed by atoms with Crippen molar-refractivity contribution in [1.82, 2.24) is 5.32 Å². The van der Waals surface area contributed by atoms with Gasteiger partial charge in [-0.15, -0.1) is 12.4 Å². The zero-order valence-corrected chi connectivity index (χ0v) is 13.9. The molecular weight excluding hydrogens is 368 g/mol. The number of carbonyl (C=O) groups excluding carboxylic acids is 1. The lowest BCUT2D eigenvalue weighted by molar-refractivity contribution is 0.0935. The highest BCUT2D eigenvalue weighted by Gasteiger charge is 2.25. The molecule has 8 heteroatoms. The quantitative estimate of drug-likeness (QED) is 0.762. The number of carbonyl (C=O) groups is 1. The van der Waals surface area contributed by atoms with Crippen LogP contribution >= 0.6 is 28.3 Å². The van der Waals surface area contributed by atoms with Crippen molar-refractivity contribution in [3.05, 3.63) is 28.2 Å². The molecule has 0 bridgehead atoms. The number of hydrogen-bond donors (Lipinski definition) is 2. The highest BCUT2D eigenvalue weighted by Crippen LogP contribution is 2.19. The summed E-state index contributed by atoms with van der Waals surface area (Å²) >= 11 is 3.28. The van der Waals surface area contributed by atoms with E-state index >= 15 is 0 Å². The summed E-state index contributed by atoms with van der Waals surface area (Å²) in [5, 5.41) is 2.83. The Hall–Kier alpha value is -0.790. The monoisotopic (exact) mass is 382 g/mol. The van der Waals surface area contributed by atoms with Crippen molar-refractivity contribution in [1.29, 1.82) is 0 Å². The van der Waals surface area contributed by atoms with Crippen molar-refractivity contribution in [2.24, 2.45) is 0 Å². The summed E-state index contributed by atoms with van der Waals surface area (Å²) in [6, 6.07) is 4.96. The molecule has 1 fully saturated rings. The molecule has 1 saturated heterocycles. The maximum atomic E-state index is 12.1. The van der Waals surface area contributed by atoms with Crippen molar-refractivity contribution >= 4 is 49.8 Å². The first-order valence-corrected chi connectivity index (χ1v) is 8.55. The maximum absolute atomic E-state index is 12.1. The molecule has 20 heavy (non-hydrogen) atoms. The van der Waals surface area contributed by atoms with Crippen molar-refractivity contribution in [3.8, 4) is 0 Å². The molecule has 0 aliphatic carbocycles. The van der Waals surface area contributed by atoms with Crippen LogP contribution in [0.25, 0.3) is 0 Å². The van der Waals surface area contributed by atoms with Crippen LogP contribution in [-0.2, 0) is 9.84 Å². The molecule has 0 unspecified atom stereocenters. The first kappa shape index (κ1) is 17.3. The van der Waals surface area contributed by atoms with E-state index in [4.69, 9.17) is 5.73 Å². The molecule has 112 valence electrons. The Kier molecular flexibility index (Phi) is 5.85. The fourth-order valence-corrected chi connectivity index (χ4v) is 3.91. The molecule has 0 radical (unpaired) electrons. The smallest absolute Gasteiger partial charge is 0.253 e. The number of amides is 1. The Morgan fingerprint density at radius 2 is 1.90 bits per heavy atom. The topological polar surface area (TPSA) is 89.3 Å². The van der Waals surface area contributed by atoms with Crippen molar-refractivity contribution in [2.75, 3.05) is 17.2 Å². The van der Waals surface area contributed by atoms with Crippen LogP contribution in [0.4, 0.5) is 5.69 Å². The van der Waals surface area contributed by atoms with Crippen LogP contribution in [0.15, 0.2) is 22.7 Å². The maximum Gasteiger partial charge on any atom is 0.253 e. The summed E-state index contributed by atoms with van der Waals surface area (Å²) in [6.07, 6.45) is 0.926. The van der Waals surface area contributed by atoms with E-state index in [1.165, 1.54) is 0 Å². The summed E-state index contributed by atoms with van der Waals surface area (Å²) < 4.78 is 23.4. The number of rotatable bonds is 2. The first-order chi connectivity index (χ1) is 8.87. The fourth-order valence-electron chi connectivity index (χ4n) is 2.04. The SMILES string of the molecule is Cl.Nc1cc(Br)ccc1C(=O)NC1CCS(=O)(=O)CC1. The molecule has 0 aromatic heterocycles. The summed E-state index contributed by atoms with van der Waals surface area (Å²) in [7, 11) is -2.91. The summed E-state index contributed by atoms with van der Waals surface area (Å²) in [5.41, 5.74) is 6.60. The van der Waals surface area contributed by atoms with Gasteiger partial charge in [0, 0.05) is 16.2 Å². The highest BCUT2D eigenvalue weighted by atomic mass is 79.9. The standard InChI is InChI=1S/C12H15BrN2O3S.ClH/c13-8-1-2-10(11(14)7-8)12(16)15-9-3-5-19(17,18)6-4-9;/h1-2,7,9H,3-6,14H2,(H,15,16);1H. The predicted molar refractivity (Wildman–Crippen MR) is 84.9 cm³/mol. The van der Waals surface area contributed by atoms with Crippen molar-refractivity contribution < 1.29 is 13.2 Å². The predicted octanol–water partition coefficient (Wildman–Crippen LogP) is 1.76. The van der Waals surface area contributed by atoms with E-state index in [9.17, 15) is 13.2 Å². The van der Waals surface area contributed by atoms with Gasteiger partial charge >= 0.3 is 0 Å². The van der Waals surface area contributed by atoms with Gasteiger partial charge < -0.3 is 11.1 Å². The van der Waals surface area contributed by atoms with Gasteiger partial charge in [0.15, 0.2) is 0 Å². The zero-order valence-electron chi connectivity index (χ0n) is 10.6. The largest absolute Gasteiger partial charge is 0.398 e. The molecule has 0 atom stereocenters. The van der Waals surface area contributed by atoms with Gasteiger partial charge in [-0.05, 0) is 31.0 Å². The Bertz CT molecular complexity index is 593. The van der Waals surface area contributed by atoms with E-state index in [-0.39, 0.29) is 35.9 Å². The van der Waals surface area contributed by atoms with Crippen molar-refractivity contribution in [3.63, 3.8) is 0 Å². The normalized spacial score (nSPS) is 18.1. The number of nitrogens with two attached hydrogens (primary N) is 1. The van der Waals surface area contributed by atoms with Gasteiger partial charge in [0.05, 0.1) is 17.1 Å². The molecule has 2 rings (SSSR count). The number of nitrogens with one attached hydrogen (secondary N) is 1. The number of benzene rings is 1. The van der Waals surface area contributed by atoms with Crippen molar-refractivity contribution in [2.45, 2.75) is 18.9 Å². The number of sulfone groups is 1.